The average molecular weight is 477 g/mol. The molecule has 0 atom stereocenters. The number of aromatic nitrogens is 2. The molecule has 0 fully saturated rings. The molecule has 36 heavy (non-hydrogen) atoms. The quantitative estimate of drug-likeness (QED) is 0.168. The van der Waals surface area contributed by atoms with E-state index in [1.54, 1.807) is 10.8 Å². The van der Waals surface area contributed by atoms with Crippen molar-refractivity contribution in [1.82, 2.24) is 9.78 Å². The molecule has 3 aromatic carbocycles. The van der Waals surface area contributed by atoms with E-state index in [4.69, 9.17) is 9.84 Å². The lowest BCUT2D eigenvalue weighted by atomic mass is 10.1. The predicted octanol–water partition coefficient (Wildman–Crippen LogP) is 6.57. The van der Waals surface area contributed by atoms with E-state index >= 15 is 0 Å². The molecule has 0 aliphatic rings. The molecule has 1 amide bonds. The Balaban J connectivity index is 1.71. The van der Waals surface area contributed by atoms with E-state index in [0.29, 0.717) is 23.6 Å². The highest BCUT2D eigenvalue weighted by Gasteiger charge is 2.16. The summed E-state index contributed by atoms with van der Waals surface area (Å²) >= 11 is 0. The Kier molecular flexibility index (Phi) is 7.94. The van der Waals surface area contributed by atoms with Gasteiger partial charge in [0.15, 0.2) is 0 Å². The van der Waals surface area contributed by atoms with Crippen LogP contribution < -0.4 is 10.1 Å². The summed E-state index contributed by atoms with van der Waals surface area (Å²) in [6.07, 6.45) is 5.43. The molecule has 0 unspecified atom stereocenters. The molecule has 0 radical (unpaired) electrons. The number of hydrogen-bond donors (Lipinski definition) is 1. The summed E-state index contributed by atoms with van der Waals surface area (Å²) < 4.78 is 7.64. The van der Waals surface area contributed by atoms with Gasteiger partial charge in [0.25, 0.3) is 5.91 Å². The maximum atomic E-state index is 12.9. The van der Waals surface area contributed by atoms with Crippen LogP contribution in [-0.2, 0) is 4.79 Å². The lowest BCUT2D eigenvalue weighted by Gasteiger charge is -2.07. The number of nitriles is 1. The first kappa shape index (κ1) is 24.5. The second kappa shape index (κ2) is 11.7. The molecule has 1 heterocycles. The number of rotatable bonds is 9. The van der Waals surface area contributed by atoms with Gasteiger partial charge in [0, 0.05) is 23.0 Å². The highest BCUT2D eigenvalue weighted by atomic mass is 16.5. The average Bonchev–Trinajstić information content (AvgIpc) is 3.33. The van der Waals surface area contributed by atoms with Gasteiger partial charge in [-0.25, -0.2) is 4.68 Å². The second-order valence-electron chi connectivity index (χ2n) is 8.43. The van der Waals surface area contributed by atoms with Crippen molar-refractivity contribution in [2.24, 2.45) is 0 Å². The monoisotopic (exact) mass is 476 g/mol. The van der Waals surface area contributed by atoms with Crippen LogP contribution >= 0.6 is 0 Å². The van der Waals surface area contributed by atoms with Gasteiger partial charge in [-0.1, -0.05) is 61.4 Å². The number of nitrogens with one attached hydrogen (secondary N) is 1. The number of hydrogen-bond acceptors (Lipinski definition) is 4. The molecule has 1 N–H and O–H groups in total. The maximum Gasteiger partial charge on any atom is 0.266 e. The molecule has 0 aliphatic carbocycles. The van der Waals surface area contributed by atoms with E-state index in [1.165, 1.54) is 0 Å². The minimum atomic E-state index is -0.476. The van der Waals surface area contributed by atoms with Gasteiger partial charge in [0.05, 0.1) is 12.3 Å². The zero-order chi connectivity index (χ0) is 25.3. The minimum absolute atomic E-state index is 0.0141. The van der Waals surface area contributed by atoms with Gasteiger partial charge in [-0.2, -0.15) is 10.4 Å². The molecule has 1 aromatic heterocycles. The number of anilines is 1. The summed E-state index contributed by atoms with van der Waals surface area (Å²) in [5, 5.41) is 17.4. The number of ether oxygens (including phenoxy) is 1. The molecule has 0 bridgehead atoms. The molecule has 0 aliphatic heterocycles. The summed E-state index contributed by atoms with van der Waals surface area (Å²) in [6, 6.07) is 26.9. The summed E-state index contributed by atoms with van der Waals surface area (Å²) in [4.78, 5) is 12.9. The fourth-order valence-corrected chi connectivity index (χ4v) is 3.64. The first-order valence-electron chi connectivity index (χ1n) is 12.0. The number of amides is 1. The van der Waals surface area contributed by atoms with Crippen molar-refractivity contribution in [2.45, 2.75) is 26.7 Å². The van der Waals surface area contributed by atoms with Crippen molar-refractivity contribution in [1.29, 1.82) is 5.26 Å². The van der Waals surface area contributed by atoms with Crippen LogP contribution in [0.25, 0.3) is 23.0 Å². The SMILES string of the molecule is CCCCOc1cccc(-c2nn(-c3ccccc3)cc2C=C(C#N)C(=O)Nc2ccc(C)cc2)c1. The van der Waals surface area contributed by atoms with Crippen molar-refractivity contribution >= 4 is 17.7 Å². The van der Waals surface area contributed by atoms with Gasteiger partial charge in [-0.3, -0.25) is 4.79 Å². The Hall–Kier alpha value is -4.63. The maximum absolute atomic E-state index is 12.9. The molecule has 0 saturated carbocycles. The molecular formula is C30H28N4O2. The van der Waals surface area contributed by atoms with E-state index in [2.05, 4.69) is 12.2 Å². The molecule has 4 rings (SSSR count). The van der Waals surface area contributed by atoms with Crippen molar-refractivity contribution in [2.75, 3.05) is 11.9 Å². The van der Waals surface area contributed by atoms with Crippen LogP contribution in [-0.4, -0.2) is 22.3 Å². The topological polar surface area (TPSA) is 79.9 Å². The van der Waals surface area contributed by atoms with Crippen LogP contribution in [0.1, 0.15) is 30.9 Å². The largest absolute Gasteiger partial charge is 0.494 e. The van der Waals surface area contributed by atoms with Crippen molar-refractivity contribution < 1.29 is 9.53 Å². The summed E-state index contributed by atoms with van der Waals surface area (Å²) in [5.41, 5.74) is 4.71. The van der Waals surface area contributed by atoms with Gasteiger partial charge in [0.2, 0.25) is 0 Å². The zero-order valence-electron chi connectivity index (χ0n) is 20.4. The Labute approximate surface area is 211 Å². The molecule has 6 heteroatoms. The standard InChI is InChI=1S/C30H28N4O2/c1-3-4-17-36-28-12-8-9-23(19-28)29-25(21-34(33-29)27-10-6-5-7-11-27)18-24(20-31)30(35)32-26-15-13-22(2)14-16-26/h5-16,18-19,21H,3-4,17H2,1-2H3,(H,32,35). The highest BCUT2D eigenvalue weighted by molar-refractivity contribution is 6.10. The van der Waals surface area contributed by atoms with E-state index in [0.717, 1.165) is 35.4 Å². The Morgan fingerprint density at radius 2 is 1.86 bits per heavy atom. The smallest absolute Gasteiger partial charge is 0.266 e. The van der Waals surface area contributed by atoms with Gasteiger partial charge in [0.1, 0.15) is 23.1 Å². The molecular weight excluding hydrogens is 448 g/mol. The first-order valence-corrected chi connectivity index (χ1v) is 12.0. The normalized spacial score (nSPS) is 11.1. The second-order valence-corrected chi connectivity index (χ2v) is 8.43. The van der Waals surface area contributed by atoms with Gasteiger partial charge in [-0.15, -0.1) is 0 Å². The third-order valence-corrected chi connectivity index (χ3v) is 5.61. The number of unbranched alkanes of at least 4 members (excludes halogenated alkanes) is 1. The van der Waals surface area contributed by atoms with E-state index in [-0.39, 0.29) is 5.57 Å². The van der Waals surface area contributed by atoms with Crippen LogP contribution in [0.3, 0.4) is 0 Å². The lowest BCUT2D eigenvalue weighted by molar-refractivity contribution is -0.112. The number of nitrogens with zero attached hydrogens (tertiary/aromatic N) is 3. The zero-order valence-corrected chi connectivity index (χ0v) is 20.4. The van der Waals surface area contributed by atoms with Crippen LogP contribution in [0.15, 0.2) is 90.6 Å². The molecule has 0 spiro atoms. The number of para-hydroxylation sites is 1. The highest BCUT2D eigenvalue weighted by Crippen LogP contribution is 2.29. The number of carbonyl (C=O) groups is 1. The van der Waals surface area contributed by atoms with Gasteiger partial charge >= 0.3 is 0 Å². The number of benzene rings is 3. The minimum Gasteiger partial charge on any atom is -0.494 e. The van der Waals surface area contributed by atoms with E-state index in [1.807, 2.05) is 98.1 Å². The molecule has 4 aromatic rings. The number of carbonyl (C=O) groups excluding carboxylic acids is 1. The Bertz CT molecular complexity index is 1400. The fourth-order valence-electron chi connectivity index (χ4n) is 3.64. The van der Waals surface area contributed by atoms with Crippen LogP contribution in [0.5, 0.6) is 5.75 Å². The van der Waals surface area contributed by atoms with Crippen molar-refractivity contribution in [3.8, 4) is 28.8 Å². The van der Waals surface area contributed by atoms with E-state index in [9.17, 15) is 10.1 Å². The fraction of sp³-hybridized carbons (Fsp3) is 0.167. The summed E-state index contributed by atoms with van der Waals surface area (Å²) in [6.45, 7) is 4.74. The van der Waals surface area contributed by atoms with Crippen molar-refractivity contribution in [3.63, 3.8) is 0 Å². The molecule has 180 valence electrons. The number of aryl methyl sites for hydroxylation is 1. The third-order valence-electron chi connectivity index (χ3n) is 5.61. The molecule has 0 saturated heterocycles. The van der Waals surface area contributed by atoms with Gasteiger partial charge in [-0.05, 0) is 55.8 Å². The summed E-state index contributed by atoms with van der Waals surface area (Å²) in [7, 11) is 0. The van der Waals surface area contributed by atoms with Crippen LogP contribution in [0.4, 0.5) is 5.69 Å². The Morgan fingerprint density at radius 3 is 2.58 bits per heavy atom. The van der Waals surface area contributed by atoms with Crippen LogP contribution in [0, 0.1) is 18.3 Å². The molecule has 6 nitrogen and oxygen atoms in total. The van der Waals surface area contributed by atoms with Crippen LogP contribution in [0.2, 0.25) is 0 Å². The predicted molar refractivity (Wildman–Crippen MR) is 143 cm³/mol. The van der Waals surface area contributed by atoms with Gasteiger partial charge < -0.3 is 10.1 Å². The van der Waals surface area contributed by atoms with E-state index < -0.39 is 5.91 Å². The third kappa shape index (κ3) is 6.08. The lowest BCUT2D eigenvalue weighted by Crippen LogP contribution is -2.13. The van der Waals surface area contributed by atoms with Crippen molar-refractivity contribution in [3.05, 3.63) is 102 Å². The Morgan fingerprint density at radius 1 is 1.08 bits per heavy atom. The summed E-state index contributed by atoms with van der Waals surface area (Å²) in [5.74, 6) is 0.277. The first-order chi connectivity index (χ1) is 17.6.